The number of amides is 1. The van der Waals surface area contributed by atoms with Crippen LogP contribution >= 0.6 is 0 Å². The van der Waals surface area contributed by atoms with Crippen molar-refractivity contribution in [3.8, 4) is 11.5 Å². The van der Waals surface area contributed by atoms with Crippen LogP contribution in [0.15, 0.2) is 30.9 Å². The fourth-order valence-corrected chi connectivity index (χ4v) is 4.87. The second-order valence-corrected chi connectivity index (χ2v) is 11.1. The van der Waals surface area contributed by atoms with Crippen molar-refractivity contribution in [2.75, 3.05) is 18.6 Å². The summed E-state index contributed by atoms with van der Waals surface area (Å²) in [5.74, 6) is 1.09. The van der Waals surface area contributed by atoms with E-state index in [2.05, 4.69) is 29.5 Å². The zero-order chi connectivity index (χ0) is 28.5. The minimum absolute atomic E-state index is 0.257. The molecule has 0 saturated carbocycles. The average molecular weight is 557 g/mol. The van der Waals surface area contributed by atoms with Crippen LogP contribution < -0.4 is 14.9 Å². The molecule has 40 heavy (non-hydrogen) atoms. The summed E-state index contributed by atoms with van der Waals surface area (Å²) >= 11 is 0. The molecule has 0 spiro atoms. The van der Waals surface area contributed by atoms with Crippen LogP contribution in [-0.2, 0) is 0 Å². The molecule has 0 unspecified atom stereocenters. The Kier molecular flexibility index (Phi) is 19.5. The first kappa shape index (κ1) is 33.6. The molecule has 0 bridgehead atoms. The molecule has 0 saturated heterocycles. The molecule has 0 aliphatic heterocycles. The van der Waals surface area contributed by atoms with Gasteiger partial charge >= 0.3 is 0 Å². The first-order chi connectivity index (χ1) is 19.7. The number of hydrogen-bond donors (Lipinski definition) is 1. The third-order valence-corrected chi connectivity index (χ3v) is 7.32. The second-order valence-electron chi connectivity index (χ2n) is 11.1. The van der Waals surface area contributed by atoms with Gasteiger partial charge in [0.25, 0.3) is 5.91 Å². The van der Waals surface area contributed by atoms with E-state index < -0.39 is 0 Å². The first-order valence-electron chi connectivity index (χ1n) is 16.3. The lowest BCUT2D eigenvalue weighted by Gasteiger charge is -2.13. The number of benzene rings is 1. The molecule has 2 rings (SSSR count). The van der Waals surface area contributed by atoms with Crippen LogP contribution in [0.3, 0.4) is 0 Å². The summed E-state index contributed by atoms with van der Waals surface area (Å²) in [4.78, 5) is 12.8. The van der Waals surface area contributed by atoms with Crippen LogP contribution in [0.4, 0.5) is 0 Å². The molecule has 1 aromatic carbocycles. The predicted octanol–water partition coefficient (Wildman–Crippen LogP) is 9.26. The van der Waals surface area contributed by atoms with Crippen LogP contribution in [0.1, 0.15) is 153 Å². The summed E-state index contributed by atoms with van der Waals surface area (Å²) in [7, 11) is 0. The summed E-state index contributed by atoms with van der Waals surface area (Å²) < 4.78 is 13.6. The number of hydrogen-bond acceptors (Lipinski definition) is 5. The lowest BCUT2D eigenvalue weighted by Crippen LogP contribution is -2.21. The molecular weight excluding hydrogens is 500 g/mol. The smallest absolute Gasteiger partial charge is 0.270 e. The maximum absolute atomic E-state index is 12.8. The highest BCUT2D eigenvalue weighted by Gasteiger charge is 2.11. The number of nitrogens with one attached hydrogen (secondary N) is 1. The summed E-state index contributed by atoms with van der Waals surface area (Å²) in [6.07, 6.45) is 28.7. The topological polar surface area (TPSA) is 78.3 Å². The summed E-state index contributed by atoms with van der Waals surface area (Å²) in [6, 6.07) is 5.47. The molecule has 0 aliphatic rings. The predicted molar refractivity (Wildman–Crippen MR) is 165 cm³/mol. The first-order valence-corrected chi connectivity index (χ1v) is 16.3. The molecule has 2 aromatic rings. The largest absolute Gasteiger partial charge is 0.493 e. The maximum Gasteiger partial charge on any atom is 0.270 e. The number of unbranched alkanes of at least 4 members (excludes halogenated alkanes) is 18. The minimum atomic E-state index is -0.257. The summed E-state index contributed by atoms with van der Waals surface area (Å²) in [6.45, 7) is 5.81. The third kappa shape index (κ3) is 16.5. The van der Waals surface area contributed by atoms with E-state index in [1.54, 1.807) is 12.1 Å². The van der Waals surface area contributed by atoms with Gasteiger partial charge in [-0.05, 0) is 25.0 Å². The van der Waals surface area contributed by atoms with E-state index in [0.717, 1.165) is 12.8 Å². The third-order valence-electron chi connectivity index (χ3n) is 7.32. The fraction of sp³-hybridized carbons (Fsp3) is 0.727. The van der Waals surface area contributed by atoms with Crippen molar-refractivity contribution in [3.63, 3.8) is 0 Å². The van der Waals surface area contributed by atoms with Gasteiger partial charge in [0.05, 0.1) is 13.2 Å². The van der Waals surface area contributed by atoms with Crippen molar-refractivity contribution < 1.29 is 14.3 Å². The van der Waals surface area contributed by atoms with E-state index in [-0.39, 0.29) is 5.91 Å². The van der Waals surface area contributed by atoms with Gasteiger partial charge in [-0.2, -0.15) is 0 Å². The van der Waals surface area contributed by atoms with E-state index in [4.69, 9.17) is 9.47 Å². The summed E-state index contributed by atoms with van der Waals surface area (Å²) in [5, 5.41) is 7.48. The Labute approximate surface area is 243 Å². The Morgan fingerprint density at radius 3 is 1.38 bits per heavy atom. The highest BCUT2D eigenvalue weighted by atomic mass is 16.5. The van der Waals surface area contributed by atoms with E-state index in [1.807, 2.05) is 6.07 Å². The van der Waals surface area contributed by atoms with Gasteiger partial charge in [-0.15, -0.1) is 10.2 Å². The number of carbonyl (C=O) groups is 1. The van der Waals surface area contributed by atoms with Crippen LogP contribution in [-0.4, -0.2) is 34.0 Å². The van der Waals surface area contributed by atoms with Crippen molar-refractivity contribution in [1.29, 1.82) is 0 Å². The van der Waals surface area contributed by atoms with Gasteiger partial charge in [-0.1, -0.05) is 129 Å². The molecule has 1 heterocycles. The van der Waals surface area contributed by atoms with Gasteiger partial charge in [0.1, 0.15) is 24.2 Å². The molecule has 7 nitrogen and oxygen atoms in total. The van der Waals surface area contributed by atoms with Crippen molar-refractivity contribution in [2.45, 2.75) is 142 Å². The van der Waals surface area contributed by atoms with Gasteiger partial charge in [0.2, 0.25) is 0 Å². The van der Waals surface area contributed by atoms with Gasteiger partial charge in [-0.3, -0.25) is 10.2 Å². The minimum Gasteiger partial charge on any atom is -0.493 e. The molecule has 1 N–H and O–H groups in total. The SMILES string of the molecule is CCCCCCCCCCCCOc1cc(OCCCCCCCCCCCC)cc(C(=O)Nn2cnnc2)c1. The van der Waals surface area contributed by atoms with Crippen molar-refractivity contribution >= 4 is 5.91 Å². The Balaban J connectivity index is 1.72. The lowest BCUT2D eigenvalue weighted by molar-refractivity contribution is 0.101. The monoisotopic (exact) mass is 556 g/mol. The molecule has 226 valence electrons. The van der Waals surface area contributed by atoms with Gasteiger partial charge in [-0.25, -0.2) is 4.68 Å². The Bertz CT molecular complexity index is 828. The Hall–Kier alpha value is -2.57. The number of rotatable bonds is 26. The van der Waals surface area contributed by atoms with Crippen molar-refractivity contribution in [1.82, 2.24) is 14.9 Å². The van der Waals surface area contributed by atoms with Gasteiger partial charge in [0, 0.05) is 11.6 Å². The van der Waals surface area contributed by atoms with Gasteiger partial charge < -0.3 is 9.47 Å². The van der Waals surface area contributed by atoms with Crippen LogP contribution in [0.2, 0.25) is 0 Å². The lowest BCUT2D eigenvalue weighted by atomic mass is 10.1. The van der Waals surface area contributed by atoms with Crippen molar-refractivity contribution in [3.05, 3.63) is 36.4 Å². The van der Waals surface area contributed by atoms with Crippen LogP contribution in [0.5, 0.6) is 11.5 Å². The van der Waals surface area contributed by atoms with Crippen LogP contribution in [0.25, 0.3) is 0 Å². The molecule has 1 amide bonds. The quantitative estimate of drug-likeness (QED) is 0.117. The molecule has 0 atom stereocenters. The normalized spacial score (nSPS) is 11.1. The summed E-state index contributed by atoms with van der Waals surface area (Å²) in [5.41, 5.74) is 3.25. The zero-order valence-corrected chi connectivity index (χ0v) is 25.5. The fourth-order valence-electron chi connectivity index (χ4n) is 4.87. The number of nitrogens with zero attached hydrogens (tertiary/aromatic N) is 3. The molecule has 1 aromatic heterocycles. The number of ether oxygens (including phenoxy) is 2. The number of aromatic nitrogens is 3. The van der Waals surface area contributed by atoms with Crippen LogP contribution in [0, 0.1) is 0 Å². The van der Waals surface area contributed by atoms with Crippen molar-refractivity contribution in [2.24, 2.45) is 0 Å². The van der Waals surface area contributed by atoms with E-state index >= 15 is 0 Å². The van der Waals surface area contributed by atoms with E-state index in [9.17, 15) is 4.79 Å². The second kappa shape index (κ2) is 23.2. The van der Waals surface area contributed by atoms with E-state index in [0.29, 0.717) is 30.3 Å². The molecule has 0 aliphatic carbocycles. The standard InChI is InChI=1S/C33H56N4O3/c1-3-5-7-9-11-13-15-17-19-21-23-39-31-25-30(33(38)36-37-28-34-35-29-37)26-32(27-31)40-24-22-20-18-16-14-12-10-8-6-4-2/h25-29H,3-24H2,1-2H3,(H,36,38). The molecule has 7 heteroatoms. The molecule has 0 fully saturated rings. The average Bonchev–Trinajstić information content (AvgIpc) is 3.47. The maximum atomic E-state index is 12.8. The molecular formula is C33H56N4O3. The highest BCUT2D eigenvalue weighted by Crippen LogP contribution is 2.24. The van der Waals surface area contributed by atoms with Gasteiger partial charge in [0.15, 0.2) is 0 Å². The Morgan fingerprint density at radius 2 is 0.975 bits per heavy atom. The van der Waals surface area contributed by atoms with E-state index in [1.165, 1.54) is 133 Å². The highest BCUT2D eigenvalue weighted by molar-refractivity contribution is 6.00. The zero-order valence-electron chi connectivity index (χ0n) is 25.5. The molecule has 0 radical (unpaired) electrons. The number of carbonyl (C=O) groups excluding carboxylic acids is 1. The Morgan fingerprint density at radius 1 is 0.600 bits per heavy atom.